The molecular formula is C21H25ClN6O2. The second-order valence-electron chi connectivity index (χ2n) is 7.66. The average molecular weight is 429 g/mol. The first-order chi connectivity index (χ1) is 14.5. The van der Waals surface area contributed by atoms with Gasteiger partial charge < -0.3 is 19.8 Å². The smallest absolute Gasteiger partial charge is 0.154 e. The number of aliphatic imine (C=N–C) groups is 1. The fourth-order valence-corrected chi connectivity index (χ4v) is 4.55. The van der Waals surface area contributed by atoms with Crippen molar-refractivity contribution in [3.63, 3.8) is 0 Å². The van der Waals surface area contributed by atoms with Crippen LogP contribution in [0.5, 0.6) is 0 Å². The molecule has 4 rings (SSSR count). The summed E-state index contributed by atoms with van der Waals surface area (Å²) in [5, 5.41) is 16.5. The number of hydrogen-bond acceptors (Lipinski definition) is 7. The first-order valence-corrected chi connectivity index (χ1v) is 10.3. The van der Waals surface area contributed by atoms with Crippen molar-refractivity contribution in [2.24, 2.45) is 4.99 Å². The third-order valence-electron chi connectivity index (χ3n) is 6.06. The number of aldehydes is 1. The summed E-state index contributed by atoms with van der Waals surface area (Å²) in [5.41, 5.74) is 3.49. The number of aromatic nitrogens is 2. The van der Waals surface area contributed by atoms with Crippen LogP contribution in [0.15, 0.2) is 23.2 Å². The molecular weight excluding hydrogens is 404 g/mol. The van der Waals surface area contributed by atoms with Gasteiger partial charge in [-0.15, -0.1) is 0 Å². The van der Waals surface area contributed by atoms with Crippen LogP contribution in [0.3, 0.4) is 0 Å². The van der Waals surface area contributed by atoms with Gasteiger partial charge in [0.05, 0.1) is 17.8 Å². The molecule has 2 aromatic rings. The Hall–Kier alpha value is -2.55. The predicted molar refractivity (Wildman–Crippen MR) is 120 cm³/mol. The molecule has 1 aromatic heterocycles. The summed E-state index contributed by atoms with van der Waals surface area (Å²) in [6.07, 6.45) is 7.29. The van der Waals surface area contributed by atoms with Gasteiger partial charge in [0.25, 0.3) is 0 Å². The lowest BCUT2D eigenvalue weighted by molar-refractivity contribution is -0.108. The molecule has 3 heterocycles. The summed E-state index contributed by atoms with van der Waals surface area (Å²) in [4.78, 5) is 19.3. The average Bonchev–Trinajstić information content (AvgIpc) is 3.37. The van der Waals surface area contributed by atoms with E-state index in [0.717, 1.165) is 52.7 Å². The molecule has 2 aliphatic rings. The van der Waals surface area contributed by atoms with E-state index in [1.54, 1.807) is 13.3 Å². The summed E-state index contributed by atoms with van der Waals surface area (Å²) in [7, 11) is 3.67. The third-order valence-corrected chi connectivity index (χ3v) is 6.32. The predicted octanol–water partition coefficient (Wildman–Crippen LogP) is 2.67. The number of rotatable bonds is 7. The third kappa shape index (κ3) is 3.55. The Kier molecular flexibility index (Phi) is 5.73. The fraction of sp³-hybridized carbons (Fsp3) is 0.429. The Labute approximate surface area is 180 Å². The van der Waals surface area contributed by atoms with Gasteiger partial charge in [-0.3, -0.25) is 15.0 Å². The molecule has 0 spiro atoms. The van der Waals surface area contributed by atoms with Gasteiger partial charge >= 0.3 is 0 Å². The molecule has 8 nitrogen and oxygen atoms in total. The van der Waals surface area contributed by atoms with E-state index in [9.17, 15) is 4.79 Å². The standard InChI is InChI=1S/C21H25ClN6O2/c1-27(21(30-2)4-6-28(13-21)7-8-29)18-11-16-17(9-15(18)12-23)25-26-20(16)14-3-5-24-19(22)10-14/h3,5,8-9,11-12,19,23H,4,6-7,10,13H2,1-2H3,(H,25,26)/t19?,21-/m0/s1. The van der Waals surface area contributed by atoms with Crippen LogP contribution in [0, 0.1) is 5.41 Å². The number of dihydropyridines is 1. The van der Waals surface area contributed by atoms with E-state index >= 15 is 0 Å². The van der Waals surface area contributed by atoms with Crippen LogP contribution in [-0.2, 0) is 9.53 Å². The highest BCUT2D eigenvalue weighted by atomic mass is 35.5. The molecule has 30 heavy (non-hydrogen) atoms. The maximum Gasteiger partial charge on any atom is 0.154 e. The van der Waals surface area contributed by atoms with E-state index in [4.69, 9.17) is 21.7 Å². The minimum atomic E-state index is -0.573. The molecule has 2 atom stereocenters. The highest BCUT2D eigenvalue weighted by Gasteiger charge is 2.42. The van der Waals surface area contributed by atoms with Gasteiger partial charge in [-0.25, -0.2) is 0 Å². The quantitative estimate of drug-likeness (QED) is 0.232. The molecule has 1 unspecified atom stereocenters. The van der Waals surface area contributed by atoms with Crippen LogP contribution in [0.1, 0.15) is 24.1 Å². The van der Waals surface area contributed by atoms with Crippen LogP contribution in [0.4, 0.5) is 5.69 Å². The highest BCUT2D eigenvalue weighted by molar-refractivity contribution is 6.22. The lowest BCUT2D eigenvalue weighted by atomic mass is 10.0. The number of nitrogens with one attached hydrogen (secondary N) is 2. The number of ether oxygens (including phenoxy) is 1. The molecule has 9 heteroatoms. The number of likely N-dealkylation sites (N-methyl/N-ethyl adjacent to an activating group) is 1. The van der Waals surface area contributed by atoms with Gasteiger partial charge in [0.15, 0.2) is 5.72 Å². The van der Waals surface area contributed by atoms with Crippen molar-refractivity contribution in [2.45, 2.75) is 24.1 Å². The maximum absolute atomic E-state index is 11.0. The monoisotopic (exact) mass is 428 g/mol. The SMILES string of the molecule is CO[C@@]1(N(C)c2cc3c(C4=CC=NC(Cl)C4)n[nH]c3cc2C=N)CCN(CC=O)C1. The number of likely N-dealkylation sites (tertiary alicyclic amines) is 1. The van der Waals surface area contributed by atoms with Gasteiger partial charge in [-0.2, -0.15) is 5.10 Å². The molecule has 0 aliphatic carbocycles. The number of benzene rings is 1. The number of methoxy groups -OCH3 is 1. The van der Waals surface area contributed by atoms with Crippen LogP contribution in [-0.4, -0.2) is 78.8 Å². The molecule has 1 aromatic carbocycles. The highest BCUT2D eigenvalue weighted by Crippen LogP contribution is 2.37. The van der Waals surface area contributed by atoms with Crippen molar-refractivity contribution in [1.82, 2.24) is 15.1 Å². The Morgan fingerprint density at radius 3 is 3.03 bits per heavy atom. The number of carbonyl (C=O) groups excluding carboxylic acids is 1. The minimum absolute atomic E-state index is 0.293. The van der Waals surface area contributed by atoms with Crippen molar-refractivity contribution in [3.05, 3.63) is 29.5 Å². The van der Waals surface area contributed by atoms with Crippen molar-refractivity contribution >= 4 is 52.5 Å². The number of fused-ring (bicyclic) bond motifs is 1. The fourth-order valence-electron chi connectivity index (χ4n) is 4.32. The lowest BCUT2D eigenvalue weighted by Gasteiger charge is -2.39. The van der Waals surface area contributed by atoms with E-state index in [2.05, 4.69) is 25.0 Å². The summed E-state index contributed by atoms with van der Waals surface area (Å²) >= 11 is 6.21. The number of aromatic amines is 1. The zero-order chi connectivity index (χ0) is 21.3. The summed E-state index contributed by atoms with van der Waals surface area (Å²) in [5.74, 6) is 0. The zero-order valence-corrected chi connectivity index (χ0v) is 17.8. The number of anilines is 1. The first kappa shape index (κ1) is 20.7. The van der Waals surface area contributed by atoms with Crippen molar-refractivity contribution in [3.8, 4) is 0 Å². The van der Waals surface area contributed by atoms with Gasteiger partial charge in [0.2, 0.25) is 0 Å². The summed E-state index contributed by atoms with van der Waals surface area (Å²) < 4.78 is 5.97. The second-order valence-corrected chi connectivity index (χ2v) is 8.17. The molecule has 158 valence electrons. The van der Waals surface area contributed by atoms with Crippen LogP contribution in [0.25, 0.3) is 16.5 Å². The summed E-state index contributed by atoms with van der Waals surface area (Å²) in [6.45, 7) is 1.78. The van der Waals surface area contributed by atoms with E-state index < -0.39 is 5.72 Å². The lowest BCUT2D eigenvalue weighted by Crippen LogP contribution is -2.51. The molecule has 2 aliphatic heterocycles. The number of halogens is 1. The molecule has 0 saturated carbocycles. The topological polar surface area (TPSA) is 97.7 Å². The number of carbonyl (C=O) groups is 1. The van der Waals surface area contributed by atoms with Gasteiger partial charge in [-0.05, 0) is 23.8 Å². The van der Waals surface area contributed by atoms with Crippen molar-refractivity contribution in [2.75, 3.05) is 38.7 Å². The first-order valence-electron chi connectivity index (χ1n) is 9.85. The van der Waals surface area contributed by atoms with Crippen molar-refractivity contribution in [1.29, 1.82) is 5.41 Å². The van der Waals surface area contributed by atoms with Crippen molar-refractivity contribution < 1.29 is 9.53 Å². The van der Waals surface area contributed by atoms with E-state index in [1.165, 1.54) is 6.21 Å². The molecule has 1 fully saturated rings. The largest absolute Gasteiger partial charge is 0.357 e. The number of hydrogen-bond donors (Lipinski definition) is 2. The Bertz CT molecular complexity index is 1030. The van der Waals surface area contributed by atoms with E-state index in [-0.39, 0.29) is 5.50 Å². The maximum atomic E-state index is 11.0. The zero-order valence-electron chi connectivity index (χ0n) is 17.1. The van der Waals surface area contributed by atoms with Crippen LogP contribution >= 0.6 is 11.6 Å². The number of allylic oxidation sites excluding steroid dienone is 1. The van der Waals surface area contributed by atoms with Gasteiger partial charge in [-0.1, -0.05) is 11.6 Å². The number of H-pyrrole nitrogens is 1. The second kappa shape index (κ2) is 8.29. The molecule has 0 bridgehead atoms. The van der Waals surface area contributed by atoms with E-state index in [1.807, 2.05) is 25.3 Å². The molecule has 0 radical (unpaired) electrons. The number of alkyl halides is 1. The normalized spacial score (nSPS) is 24.2. The summed E-state index contributed by atoms with van der Waals surface area (Å²) in [6, 6.07) is 3.98. The van der Waals surface area contributed by atoms with Gasteiger partial charge in [0, 0.05) is 69.2 Å². The Morgan fingerprint density at radius 2 is 2.33 bits per heavy atom. The molecule has 2 N–H and O–H groups in total. The minimum Gasteiger partial charge on any atom is -0.357 e. The van der Waals surface area contributed by atoms with E-state index in [0.29, 0.717) is 19.5 Å². The van der Waals surface area contributed by atoms with Crippen LogP contribution in [0.2, 0.25) is 0 Å². The van der Waals surface area contributed by atoms with Crippen LogP contribution < -0.4 is 4.90 Å². The molecule has 0 amide bonds. The van der Waals surface area contributed by atoms with Gasteiger partial charge in [0.1, 0.15) is 11.8 Å². The Balaban J connectivity index is 1.77. The number of nitrogens with zero attached hydrogens (tertiary/aromatic N) is 4. The Morgan fingerprint density at radius 1 is 1.50 bits per heavy atom. The molecule has 1 saturated heterocycles.